The van der Waals surface area contributed by atoms with Crippen molar-refractivity contribution in [3.63, 3.8) is 0 Å². The molecule has 0 spiro atoms. The lowest BCUT2D eigenvalue weighted by atomic mass is 9.83. The Kier molecular flexibility index (Phi) is 2.63. The summed E-state index contributed by atoms with van der Waals surface area (Å²) in [5.74, 6) is 1.02. The minimum Gasteiger partial charge on any atom is -0.393 e. The molecule has 70 valence electrons. The number of ether oxygens (including phenoxy) is 1. The maximum absolute atomic E-state index is 9.73. The van der Waals surface area contributed by atoms with Crippen LogP contribution in [-0.2, 0) is 4.74 Å². The molecule has 3 unspecified atom stereocenters. The average molecular weight is 171 g/mol. The van der Waals surface area contributed by atoms with Crippen molar-refractivity contribution < 1.29 is 9.84 Å². The Hall–Kier alpha value is -0.120. The molecule has 3 atom stereocenters. The largest absolute Gasteiger partial charge is 0.393 e. The molecule has 0 radical (unpaired) electrons. The summed E-state index contributed by atoms with van der Waals surface area (Å²) < 4.78 is 5.32. The van der Waals surface area contributed by atoms with Crippen molar-refractivity contribution in [1.29, 1.82) is 0 Å². The minimum absolute atomic E-state index is 0.0991. The number of aliphatic hydroxyl groups is 1. The van der Waals surface area contributed by atoms with E-state index in [-0.39, 0.29) is 6.10 Å². The maximum atomic E-state index is 9.73. The average Bonchev–Trinajstić information content (AvgIpc) is 2.57. The van der Waals surface area contributed by atoms with E-state index in [1.165, 1.54) is 0 Å². The zero-order valence-corrected chi connectivity index (χ0v) is 7.33. The first-order chi connectivity index (χ1) is 5.88. The molecule has 2 heterocycles. The van der Waals surface area contributed by atoms with Crippen molar-refractivity contribution in [3.05, 3.63) is 0 Å². The quantitative estimate of drug-likeness (QED) is 0.583. The summed E-state index contributed by atoms with van der Waals surface area (Å²) in [7, 11) is 0. The number of aliphatic hydroxyl groups excluding tert-OH is 1. The summed E-state index contributed by atoms with van der Waals surface area (Å²) in [4.78, 5) is 0. The van der Waals surface area contributed by atoms with Crippen LogP contribution in [0.15, 0.2) is 0 Å². The van der Waals surface area contributed by atoms with Crippen molar-refractivity contribution >= 4 is 0 Å². The summed E-state index contributed by atoms with van der Waals surface area (Å²) in [6.45, 7) is 3.66. The number of piperidine rings is 1. The lowest BCUT2D eigenvalue weighted by Crippen LogP contribution is -2.43. The molecule has 0 aliphatic carbocycles. The Bertz CT molecular complexity index is 145. The first-order valence-electron chi connectivity index (χ1n) is 4.84. The third kappa shape index (κ3) is 1.63. The summed E-state index contributed by atoms with van der Waals surface area (Å²) >= 11 is 0. The molecule has 2 aliphatic rings. The summed E-state index contributed by atoms with van der Waals surface area (Å²) in [6, 6.07) is 0. The highest BCUT2D eigenvalue weighted by Gasteiger charge is 2.32. The first kappa shape index (κ1) is 8.48. The molecule has 12 heavy (non-hydrogen) atoms. The van der Waals surface area contributed by atoms with Gasteiger partial charge in [-0.3, -0.25) is 0 Å². The van der Waals surface area contributed by atoms with Crippen LogP contribution in [0.5, 0.6) is 0 Å². The van der Waals surface area contributed by atoms with E-state index in [2.05, 4.69) is 5.32 Å². The van der Waals surface area contributed by atoms with Gasteiger partial charge in [0.25, 0.3) is 0 Å². The van der Waals surface area contributed by atoms with Gasteiger partial charge in [0.05, 0.1) is 6.10 Å². The Morgan fingerprint density at radius 3 is 2.92 bits per heavy atom. The SMILES string of the molecule is OC1CCNCC1C1CCOC1. The molecule has 2 aliphatic heterocycles. The Morgan fingerprint density at radius 1 is 1.33 bits per heavy atom. The summed E-state index contributed by atoms with van der Waals surface area (Å²) in [6.07, 6.45) is 1.93. The van der Waals surface area contributed by atoms with Crippen molar-refractivity contribution in [2.45, 2.75) is 18.9 Å². The highest BCUT2D eigenvalue weighted by atomic mass is 16.5. The van der Waals surface area contributed by atoms with E-state index < -0.39 is 0 Å². The van der Waals surface area contributed by atoms with Gasteiger partial charge in [0, 0.05) is 25.7 Å². The summed E-state index contributed by atoms with van der Waals surface area (Å²) in [5.41, 5.74) is 0. The Labute approximate surface area is 73.1 Å². The first-order valence-corrected chi connectivity index (χ1v) is 4.84. The maximum Gasteiger partial charge on any atom is 0.0596 e. The number of hydrogen-bond donors (Lipinski definition) is 2. The van der Waals surface area contributed by atoms with Crippen LogP contribution in [0.1, 0.15) is 12.8 Å². The fourth-order valence-corrected chi connectivity index (χ4v) is 2.24. The van der Waals surface area contributed by atoms with Crippen molar-refractivity contribution in [1.82, 2.24) is 5.32 Å². The molecule has 0 aromatic heterocycles. The molecular weight excluding hydrogens is 154 g/mol. The van der Waals surface area contributed by atoms with Crippen molar-refractivity contribution in [2.75, 3.05) is 26.3 Å². The van der Waals surface area contributed by atoms with Crippen molar-refractivity contribution in [2.24, 2.45) is 11.8 Å². The van der Waals surface area contributed by atoms with E-state index in [1.54, 1.807) is 0 Å². The Morgan fingerprint density at radius 2 is 2.25 bits per heavy atom. The van der Waals surface area contributed by atoms with Crippen LogP contribution < -0.4 is 5.32 Å². The zero-order chi connectivity index (χ0) is 8.39. The van der Waals surface area contributed by atoms with Gasteiger partial charge in [0.1, 0.15) is 0 Å². The van der Waals surface area contributed by atoms with E-state index in [4.69, 9.17) is 4.74 Å². The molecule has 3 nitrogen and oxygen atoms in total. The lowest BCUT2D eigenvalue weighted by Gasteiger charge is -2.32. The number of hydrogen-bond acceptors (Lipinski definition) is 3. The lowest BCUT2D eigenvalue weighted by molar-refractivity contribution is 0.0414. The second-order valence-electron chi connectivity index (χ2n) is 3.85. The van der Waals surface area contributed by atoms with Crippen LogP contribution in [0, 0.1) is 11.8 Å². The van der Waals surface area contributed by atoms with Gasteiger partial charge in [-0.15, -0.1) is 0 Å². The molecule has 0 saturated carbocycles. The van der Waals surface area contributed by atoms with Crippen LogP contribution >= 0.6 is 0 Å². The van der Waals surface area contributed by atoms with E-state index >= 15 is 0 Å². The van der Waals surface area contributed by atoms with Gasteiger partial charge in [0.15, 0.2) is 0 Å². The van der Waals surface area contributed by atoms with E-state index in [1.807, 2.05) is 0 Å². The molecule has 2 saturated heterocycles. The fourth-order valence-electron chi connectivity index (χ4n) is 2.24. The molecule has 3 heteroatoms. The van der Waals surface area contributed by atoms with Gasteiger partial charge in [0.2, 0.25) is 0 Å². The number of rotatable bonds is 1. The molecular formula is C9H17NO2. The van der Waals surface area contributed by atoms with Gasteiger partial charge in [-0.2, -0.15) is 0 Å². The van der Waals surface area contributed by atoms with Gasteiger partial charge in [-0.05, 0) is 25.3 Å². The van der Waals surface area contributed by atoms with E-state index in [0.29, 0.717) is 11.8 Å². The second-order valence-corrected chi connectivity index (χ2v) is 3.85. The normalized spacial score (nSPS) is 43.2. The van der Waals surface area contributed by atoms with Gasteiger partial charge in [-0.25, -0.2) is 0 Å². The molecule has 0 aromatic rings. The molecule has 2 rings (SSSR count). The van der Waals surface area contributed by atoms with Crippen molar-refractivity contribution in [3.8, 4) is 0 Å². The predicted molar refractivity (Wildman–Crippen MR) is 45.9 cm³/mol. The molecule has 2 N–H and O–H groups in total. The second kappa shape index (κ2) is 3.73. The topological polar surface area (TPSA) is 41.5 Å². The smallest absolute Gasteiger partial charge is 0.0596 e. The number of nitrogens with one attached hydrogen (secondary N) is 1. The van der Waals surface area contributed by atoms with Crippen LogP contribution in [0.2, 0.25) is 0 Å². The van der Waals surface area contributed by atoms with Gasteiger partial charge < -0.3 is 15.2 Å². The van der Waals surface area contributed by atoms with Crippen LogP contribution in [-0.4, -0.2) is 37.5 Å². The highest BCUT2D eigenvalue weighted by Crippen LogP contribution is 2.27. The van der Waals surface area contributed by atoms with Crippen LogP contribution in [0.25, 0.3) is 0 Å². The monoisotopic (exact) mass is 171 g/mol. The molecule has 0 amide bonds. The standard InChI is InChI=1S/C9H17NO2/c11-9-1-3-10-5-8(9)7-2-4-12-6-7/h7-11H,1-6H2. The minimum atomic E-state index is -0.0991. The molecule has 0 aromatic carbocycles. The van der Waals surface area contributed by atoms with Gasteiger partial charge >= 0.3 is 0 Å². The zero-order valence-electron chi connectivity index (χ0n) is 7.33. The Balaban J connectivity index is 1.91. The van der Waals surface area contributed by atoms with E-state index in [9.17, 15) is 5.11 Å². The van der Waals surface area contributed by atoms with E-state index in [0.717, 1.165) is 39.1 Å². The predicted octanol–water partition coefficient (Wildman–Crippen LogP) is -0.00670. The summed E-state index contributed by atoms with van der Waals surface area (Å²) in [5, 5.41) is 13.1. The third-order valence-electron chi connectivity index (χ3n) is 3.06. The van der Waals surface area contributed by atoms with Crippen LogP contribution in [0.4, 0.5) is 0 Å². The van der Waals surface area contributed by atoms with Gasteiger partial charge in [-0.1, -0.05) is 0 Å². The highest BCUT2D eigenvalue weighted by molar-refractivity contribution is 4.84. The molecule has 0 bridgehead atoms. The fraction of sp³-hybridized carbons (Fsp3) is 1.00. The molecule has 2 fully saturated rings. The third-order valence-corrected chi connectivity index (χ3v) is 3.06. The van der Waals surface area contributed by atoms with Crippen LogP contribution in [0.3, 0.4) is 0 Å².